The minimum Gasteiger partial charge on any atom is -0.396 e. The molecule has 1 unspecified atom stereocenters. The van der Waals surface area contributed by atoms with E-state index in [2.05, 4.69) is 19.1 Å². The molecule has 0 aromatic heterocycles. The fourth-order valence-corrected chi connectivity index (χ4v) is 2.45. The van der Waals surface area contributed by atoms with Gasteiger partial charge in [-0.3, -0.25) is 4.79 Å². The molecule has 0 rings (SSSR count). The number of carbonyl (C=O) groups is 1. The summed E-state index contributed by atoms with van der Waals surface area (Å²) in [4.78, 5) is 10.6. The van der Waals surface area contributed by atoms with Crippen molar-refractivity contribution in [2.24, 2.45) is 11.7 Å². The molecule has 0 radical (unpaired) electrons. The van der Waals surface area contributed by atoms with Crippen LogP contribution in [0.3, 0.4) is 0 Å². The van der Waals surface area contributed by atoms with Crippen LogP contribution in [-0.2, 0) is 4.79 Å². The van der Waals surface area contributed by atoms with E-state index in [-0.39, 0.29) is 5.91 Å². The fraction of sp³-hybridized carbons (Fsp3) is 0.833. The Bertz CT molecular complexity index is 260. The summed E-state index contributed by atoms with van der Waals surface area (Å²) in [5.41, 5.74) is 5.09. The monoisotopic (exact) mass is 297 g/mol. The third-order valence-electron chi connectivity index (χ3n) is 4.03. The lowest BCUT2D eigenvalue weighted by Crippen LogP contribution is -2.09. The lowest BCUT2D eigenvalue weighted by atomic mass is 9.99. The summed E-state index contributed by atoms with van der Waals surface area (Å²) in [5, 5.41) is 9.09. The highest BCUT2D eigenvalue weighted by molar-refractivity contribution is 5.73. The Morgan fingerprint density at radius 2 is 1.57 bits per heavy atom. The molecule has 124 valence electrons. The largest absolute Gasteiger partial charge is 0.396 e. The van der Waals surface area contributed by atoms with E-state index in [9.17, 15) is 4.79 Å². The first-order valence-electron chi connectivity index (χ1n) is 8.74. The van der Waals surface area contributed by atoms with E-state index in [1.165, 1.54) is 44.9 Å². The number of hydrogen-bond acceptors (Lipinski definition) is 2. The van der Waals surface area contributed by atoms with Crippen molar-refractivity contribution in [1.82, 2.24) is 0 Å². The van der Waals surface area contributed by atoms with Gasteiger partial charge in [0.1, 0.15) is 0 Å². The van der Waals surface area contributed by atoms with Crippen LogP contribution in [0.25, 0.3) is 0 Å². The number of aliphatic hydroxyl groups is 1. The molecule has 0 heterocycles. The van der Waals surface area contributed by atoms with Gasteiger partial charge in [0.2, 0.25) is 5.91 Å². The predicted molar refractivity (Wildman–Crippen MR) is 90.0 cm³/mol. The van der Waals surface area contributed by atoms with Crippen LogP contribution in [0.1, 0.15) is 84.0 Å². The van der Waals surface area contributed by atoms with E-state index >= 15 is 0 Å². The number of amides is 1. The second kappa shape index (κ2) is 15.6. The second-order valence-electron chi connectivity index (χ2n) is 5.99. The van der Waals surface area contributed by atoms with E-state index < -0.39 is 0 Å². The number of nitrogens with two attached hydrogens (primary N) is 1. The summed E-state index contributed by atoms with van der Waals surface area (Å²) in [6, 6.07) is 0. The average molecular weight is 297 g/mol. The highest BCUT2D eigenvalue weighted by atomic mass is 16.3. The van der Waals surface area contributed by atoms with Gasteiger partial charge in [-0.15, -0.1) is 0 Å². The van der Waals surface area contributed by atoms with Crippen LogP contribution in [0.2, 0.25) is 0 Å². The smallest absolute Gasteiger partial charge is 0.217 e. The fourth-order valence-electron chi connectivity index (χ4n) is 2.45. The van der Waals surface area contributed by atoms with Crippen LogP contribution in [0, 0.1) is 5.92 Å². The van der Waals surface area contributed by atoms with Crippen LogP contribution >= 0.6 is 0 Å². The molecule has 1 amide bonds. The number of hydrogen-bond donors (Lipinski definition) is 2. The maximum atomic E-state index is 10.6. The average Bonchev–Trinajstić information content (AvgIpc) is 2.47. The number of unbranched alkanes of at least 4 members (excludes halogenated alkanes) is 7. The van der Waals surface area contributed by atoms with Gasteiger partial charge in [0.25, 0.3) is 0 Å². The summed E-state index contributed by atoms with van der Waals surface area (Å²) in [6.45, 7) is 2.49. The van der Waals surface area contributed by atoms with E-state index in [4.69, 9.17) is 10.8 Å². The summed E-state index contributed by atoms with van der Waals surface area (Å²) in [5.74, 6) is 0.325. The summed E-state index contributed by atoms with van der Waals surface area (Å²) >= 11 is 0. The van der Waals surface area contributed by atoms with Gasteiger partial charge in [-0.25, -0.2) is 0 Å². The molecule has 3 heteroatoms. The van der Waals surface area contributed by atoms with Gasteiger partial charge in [-0.1, -0.05) is 51.2 Å². The molecule has 0 aliphatic heterocycles. The Labute approximate surface area is 131 Å². The Hall–Kier alpha value is -0.830. The van der Waals surface area contributed by atoms with Gasteiger partial charge in [-0.2, -0.15) is 0 Å². The molecule has 0 aromatic rings. The van der Waals surface area contributed by atoms with E-state index in [0.717, 1.165) is 25.7 Å². The van der Waals surface area contributed by atoms with E-state index in [1.807, 2.05) is 0 Å². The zero-order valence-corrected chi connectivity index (χ0v) is 13.9. The minimum atomic E-state index is -0.179. The van der Waals surface area contributed by atoms with E-state index in [1.54, 1.807) is 0 Å². The molecule has 3 N–H and O–H groups in total. The van der Waals surface area contributed by atoms with Crippen molar-refractivity contribution in [2.75, 3.05) is 6.61 Å². The maximum absolute atomic E-state index is 10.6. The third-order valence-corrected chi connectivity index (χ3v) is 4.03. The Morgan fingerprint density at radius 1 is 1.00 bits per heavy atom. The summed E-state index contributed by atoms with van der Waals surface area (Å²) in [6.07, 6.45) is 17.9. The van der Waals surface area contributed by atoms with Crippen LogP contribution in [0.5, 0.6) is 0 Å². The van der Waals surface area contributed by atoms with Crippen LogP contribution in [0.15, 0.2) is 12.2 Å². The first kappa shape index (κ1) is 20.2. The normalized spacial score (nSPS) is 12.9. The highest BCUT2D eigenvalue weighted by Crippen LogP contribution is 2.13. The number of aliphatic hydroxyl groups excluding tert-OH is 1. The van der Waals surface area contributed by atoms with Gasteiger partial charge in [0, 0.05) is 13.0 Å². The summed E-state index contributed by atoms with van der Waals surface area (Å²) < 4.78 is 0. The third kappa shape index (κ3) is 15.4. The van der Waals surface area contributed by atoms with Crippen molar-refractivity contribution in [3.05, 3.63) is 12.2 Å². The molecule has 0 fully saturated rings. The molecule has 0 bridgehead atoms. The molecule has 0 aliphatic rings. The van der Waals surface area contributed by atoms with Gasteiger partial charge in [0.15, 0.2) is 0 Å². The molecule has 0 spiro atoms. The standard InChI is InChI=1S/C18H35NO2/c1-2-17(16-20)14-12-10-8-6-4-3-5-7-9-11-13-15-18(19)21/h4,6,17,20H,2-3,5,7-16H2,1H3,(H2,19,21)/b6-4+. The van der Waals surface area contributed by atoms with Crippen molar-refractivity contribution in [1.29, 1.82) is 0 Å². The number of primary amides is 1. The lowest BCUT2D eigenvalue weighted by molar-refractivity contribution is -0.118. The zero-order valence-electron chi connectivity index (χ0n) is 13.9. The minimum absolute atomic E-state index is 0.179. The van der Waals surface area contributed by atoms with Gasteiger partial charge >= 0.3 is 0 Å². The molecular formula is C18H35NO2. The first-order chi connectivity index (χ1) is 10.2. The Kier molecular flexibility index (Phi) is 14.9. The van der Waals surface area contributed by atoms with E-state index in [0.29, 0.717) is 18.9 Å². The Morgan fingerprint density at radius 3 is 2.14 bits per heavy atom. The molecule has 21 heavy (non-hydrogen) atoms. The van der Waals surface area contributed by atoms with Crippen molar-refractivity contribution in [3.63, 3.8) is 0 Å². The SMILES string of the molecule is CCC(CO)CCCC/C=C/CCCCCCCC(N)=O. The molecule has 0 saturated carbocycles. The molecular weight excluding hydrogens is 262 g/mol. The lowest BCUT2D eigenvalue weighted by Gasteiger charge is -2.09. The number of allylic oxidation sites excluding steroid dienone is 2. The molecule has 0 aliphatic carbocycles. The van der Waals surface area contributed by atoms with Crippen molar-refractivity contribution in [3.8, 4) is 0 Å². The topological polar surface area (TPSA) is 63.3 Å². The number of rotatable bonds is 15. The molecule has 0 saturated heterocycles. The quantitative estimate of drug-likeness (QED) is 0.349. The van der Waals surface area contributed by atoms with Gasteiger partial charge in [-0.05, 0) is 44.4 Å². The maximum Gasteiger partial charge on any atom is 0.217 e. The summed E-state index contributed by atoms with van der Waals surface area (Å²) in [7, 11) is 0. The molecule has 3 nitrogen and oxygen atoms in total. The van der Waals surface area contributed by atoms with Gasteiger partial charge in [0.05, 0.1) is 0 Å². The van der Waals surface area contributed by atoms with Crippen LogP contribution < -0.4 is 5.73 Å². The van der Waals surface area contributed by atoms with Crippen molar-refractivity contribution < 1.29 is 9.90 Å². The van der Waals surface area contributed by atoms with Crippen LogP contribution in [0.4, 0.5) is 0 Å². The molecule has 0 aromatic carbocycles. The molecule has 1 atom stereocenters. The first-order valence-corrected chi connectivity index (χ1v) is 8.74. The zero-order chi connectivity index (χ0) is 15.8. The van der Waals surface area contributed by atoms with Crippen LogP contribution in [-0.4, -0.2) is 17.6 Å². The van der Waals surface area contributed by atoms with Crippen molar-refractivity contribution >= 4 is 5.91 Å². The predicted octanol–water partition coefficient (Wildman–Crippen LogP) is 4.34. The highest BCUT2D eigenvalue weighted by Gasteiger charge is 2.02. The number of carbonyl (C=O) groups excluding carboxylic acids is 1. The Balaban J connectivity index is 3.20. The van der Waals surface area contributed by atoms with Crippen molar-refractivity contribution in [2.45, 2.75) is 84.0 Å². The van der Waals surface area contributed by atoms with Gasteiger partial charge < -0.3 is 10.8 Å². The second-order valence-corrected chi connectivity index (χ2v) is 5.99.